The van der Waals surface area contributed by atoms with Crippen molar-refractivity contribution in [3.63, 3.8) is 0 Å². The molecule has 1 aliphatic carbocycles. The minimum absolute atomic E-state index is 0.0936. The van der Waals surface area contributed by atoms with Gasteiger partial charge in [-0.1, -0.05) is 6.92 Å². The Hall–Kier alpha value is -0.570. The van der Waals surface area contributed by atoms with Crippen LogP contribution in [0.15, 0.2) is 0 Å². The van der Waals surface area contributed by atoms with E-state index in [4.69, 9.17) is 0 Å². The quantitative estimate of drug-likeness (QED) is 0.757. The normalized spacial score (nSPS) is 30.5. The summed E-state index contributed by atoms with van der Waals surface area (Å²) in [6, 6.07) is 0. The van der Waals surface area contributed by atoms with Gasteiger partial charge in [-0.25, -0.2) is 0 Å². The number of amides is 1. The van der Waals surface area contributed by atoms with Crippen molar-refractivity contribution in [1.29, 1.82) is 0 Å². The molecule has 1 unspecified atom stereocenters. The van der Waals surface area contributed by atoms with Crippen LogP contribution in [-0.2, 0) is 4.79 Å². The second-order valence-corrected chi connectivity index (χ2v) is 5.19. The van der Waals surface area contributed by atoms with Crippen LogP contribution < -0.4 is 5.32 Å². The molecule has 1 heterocycles. The third kappa shape index (κ3) is 2.17. The van der Waals surface area contributed by atoms with E-state index < -0.39 is 0 Å². The first-order valence-electron chi connectivity index (χ1n) is 6.14. The smallest absolute Gasteiger partial charge is 0.229 e. The van der Waals surface area contributed by atoms with Gasteiger partial charge in [0.05, 0.1) is 5.41 Å². The summed E-state index contributed by atoms with van der Waals surface area (Å²) in [5.74, 6) is 1.16. The summed E-state index contributed by atoms with van der Waals surface area (Å²) >= 11 is 0. The van der Waals surface area contributed by atoms with E-state index in [0.717, 1.165) is 38.4 Å². The van der Waals surface area contributed by atoms with Crippen LogP contribution in [0.2, 0.25) is 0 Å². The standard InChI is InChI=1S/C12H22N2O/c1-3-12(6-7-13-9-12)11(15)14(2)8-10-4-5-10/h10,13H,3-9H2,1-2H3. The van der Waals surface area contributed by atoms with Gasteiger partial charge < -0.3 is 10.2 Å². The predicted molar refractivity (Wildman–Crippen MR) is 60.6 cm³/mol. The lowest BCUT2D eigenvalue weighted by Crippen LogP contribution is -2.43. The molecule has 0 aromatic rings. The van der Waals surface area contributed by atoms with Crippen molar-refractivity contribution < 1.29 is 4.79 Å². The molecule has 1 N–H and O–H groups in total. The Kier molecular flexibility index (Phi) is 3.01. The molecule has 1 saturated carbocycles. The van der Waals surface area contributed by atoms with Gasteiger partial charge in [0.2, 0.25) is 5.91 Å². The molecule has 0 aromatic carbocycles. The van der Waals surface area contributed by atoms with Crippen LogP contribution in [-0.4, -0.2) is 37.5 Å². The zero-order valence-corrected chi connectivity index (χ0v) is 9.88. The lowest BCUT2D eigenvalue weighted by Gasteiger charge is -2.30. The topological polar surface area (TPSA) is 32.3 Å². The molecule has 2 rings (SSSR count). The van der Waals surface area contributed by atoms with Crippen LogP contribution >= 0.6 is 0 Å². The number of hydrogen-bond acceptors (Lipinski definition) is 2. The van der Waals surface area contributed by atoms with Crippen LogP contribution in [0.25, 0.3) is 0 Å². The molecule has 3 nitrogen and oxygen atoms in total. The van der Waals surface area contributed by atoms with Crippen LogP contribution in [0, 0.1) is 11.3 Å². The number of carbonyl (C=O) groups excluding carboxylic acids is 1. The van der Waals surface area contributed by atoms with E-state index in [1.165, 1.54) is 12.8 Å². The van der Waals surface area contributed by atoms with E-state index in [1.807, 2.05) is 11.9 Å². The third-order valence-corrected chi connectivity index (χ3v) is 3.95. The average molecular weight is 210 g/mol. The number of nitrogens with one attached hydrogen (secondary N) is 1. The number of hydrogen-bond donors (Lipinski definition) is 1. The molecule has 3 heteroatoms. The maximum absolute atomic E-state index is 12.3. The fourth-order valence-corrected chi connectivity index (χ4v) is 2.55. The van der Waals surface area contributed by atoms with E-state index in [2.05, 4.69) is 12.2 Å². The molecule has 1 saturated heterocycles. The van der Waals surface area contributed by atoms with Crippen molar-refractivity contribution >= 4 is 5.91 Å². The Morgan fingerprint density at radius 3 is 2.73 bits per heavy atom. The van der Waals surface area contributed by atoms with Crippen molar-refractivity contribution in [1.82, 2.24) is 10.2 Å². The Morgan fingerprint density at radius 2 is 2.27 bits per heavy atom. The first-order chi connectivity index (χ1) is 7.18. The SMILES string of the molecule is CCC1(C(=O)N(C)CC2CC2)CCNC1. The summed E-state index contributed by atoms with van der Waals surface area (Å²) < 4.78 is 0. The maximum atomic E-state index is 12.3. The molecule has 2 fully saturated rings. The van der Waals surface area contributed by atoms with E-state index >= 15 is 0 Å². The monoisotopic (exact) mass is 210 g/mol. The molecule has 1 amide bonds. The molecule has 0 radical (unpaired) electrons. The fraction of sp³-hybridized carbons (Fsp3) is 0.917. The lowest BCUT2D eigenvalue weighted by molar-refractivity contribution is -0.140. The summed E-state index contributed by atoms with van der Waals surface area (Å²) in [5, 5.41) is 3.32. The summed E-state index contributed by atoms with van der Waals surface area (Å²) in [6.45, 7) is 4.98. The van der Waals surface area contributed by atoms with Gasteiger partial charge in [-0.15, -0.1) is 0 Å². The highest BCUT2D eigenvalue weighted by Gasteiger charge is 2.41. The first kappa shape index (κ1) is 10.9. The lowest BCUT2D eigenvalue weighted by atomic mass is 9.83. The molecule has 2 aliphatic rings. The van der Waals surface area contributed by atoms with Crippen molar-refractivity contribution in [3.05, 3.63) is 0 Å². The van der Waals surface area contributed by atoms with Gasteiger partial charge in [0, 0.05) is 20.1 Å². The second kappa shape index (κ2) is 4.12. The fourth-order valence-electron chi connectivity index (χ4n) is 2.55. The van der Waals surface area contributed by atoms with Gasteiger partial charge in [-0.05, 0) is 38.1 Å². The van der Waals surface area contributed by atoms with E-state index in [-0.39, 0.29) is 5.41 Å². The number of nitrogens with zero attached hydrogens (tertiary/aromatic N) is 1. The minimum atomic E-state index is -0.0936. The summed E-state index contributed by atoms with van der Waals surface area (Å²) in [7, 11) is 1.97. The average Bonchev–Trinajstić information content (AvgIpc) is 2.92. The zero-order chi connectivity index (χ0) is 10.9. The van der Waals surface area contributed by atoms with Crippen LogP contribution in [0.1, 0.15) is 32.6 Å². The Balaban J connectivity index is 1.96. The van der Waals surface area contributed by atoms with Gasteiger partial charge in [0.1, 0.15) is 0 Å². The summed E-state index contributed by atoms with van der Waals surface area (Å²) in [4.78, 5) is 14.3. The molecule has 86 valence electrons. The summed E-state index contributed by atoms with van der Waals surface area (Å²) in [6.07, 6.45) is 4.61. The first-order valence-corrected chi connectivity index (χ1v) is 6.14. The largest absolute Gasteiger partial charge is 0.345 e. The molecule has 1 aliphatic heterocycles. The Labute approximate surface area is 92.2 Å². The Bertz CT molecular complexity index is 242. The molecule has 1 atom stereocenters. The van der Waals surface area contributed by atoms with Crippen LogP contribution in [0.3, 0.4) is 0 Å². The highest BCUT2D eigenvalue weighted by molar-refractivity contribution is 5.83. The molecular weight excluding hydrogens is 188 g/mol. The van der Waals surface area contributed by atoms with Gasteiger partial charge >= 0.3 is 0 Å². The molecular formula is C12H22N2O. The van der Waals surface area contributed by atoms with Gasteiger partial charge in [-0.3, -0.25) is 4.79 Å². The van der Waals surface area contributed by atoms with Gasteiger partial charge in [-0.2, -0.15) is 0 Å². The molecule has 15 heavy (non-hydrogen) atoms. The Morgan fingerprint density at radius 1 is 1.53 bits per heavy atom. The van der Waals surface area contributed by atoms with Crippen LogP contribution in [0.5, 0.6) is 0 Å². The van der Waals surface area contributed by atoms with Crippen molar-refractivity contribution in [2.24, 2.45) is 11.3 Å². The van der Waals surface area contributed by atoms with Crippen molar-refractivity contribution in [3.8, 4) is 0 Å². The second-order valence-electron chi connectivity index (χ2n) is 5.19. The third-order valence-electron chi connectivity index (χ3n) is 3.95. The molecule has 0 spiro atoms. The van der Waals surface area contributed by atoms with Crippen LogP contribution in [0.4, 0.5) is 0 Å². The summed E-state index contributed by atoms with van der Waals surface area (Å²) in [5.41, 5.74) is -0.0936. The number of rotatable bonds is 4. The molecule has 0 aromatic heterocycles. The maximum Gasteiger partial charge on any atom is 0.229 e. The molecule has 0 bridgehead atoms. The minimum Gasteiger partial charge on any atom is -0.345 e. The van der Waals surface area contributed by atoms with Crippen molar-refractivity contribution in [2.45, 2.75) is 32.6 Å². The number of carbonyl (C=O) groups is 1. The van der Waals surface area contributed by atoms with Gasteiger partial charge in [0.25, 0.3) is 0 Å². The van der Waals surface area contributed by atoms with E-state index in [9.17, 15) is 4.79 Å². The highest BCUT2D eigenvalue weighted by atomic mass is 16.2. The van der Waals surface area contributed by atoms with E-state index in [1.54, 1.807) is 0 Å². The van der Waals surface area contributed by atoms with Crippen molar-refractivity contribution in [2.75, 3.05) is 26.7 Å². The van der Waals surface area contributed by atoms with Gasteiger partial charge in [0.15, 0.2) is 0 Å². The zero-order valence-electron chi connectivity index (χ0n) is 9.88. The predicted octanol–water partition coefficient (Wildman–Crippen LogP) is 1.24. The highest BCUT2D eigenvalue weighted by Crippen LogP contribution is 2.34. The van der Waals surface area contributed by atoms with E-state index in [0.29, 0.717) is 5.91 Å².